The molecule has 3 N–H and O–H groups in total. The number of alkyl halides is 3. The summed E-state index contributed by atoms with van der Waals surface area (Å²) in [4.78, 5) is 66.3. The maximum absolute atomic E-state index is 13.9. The third-order valence-electron chi connectivity index (χ3n) is 9.57. The topological polar surface area (TPSA) is 125 Å². The fourth-order valence-corrected chi connectivity index (χ4v) is 6.41. The molecular formula is C28H41F3N4O5. The van der Waals surface area contributed by atoms with Gasteiger partial charge in [0.1, 0.15) is 17.6 Å². The number of ketones is 2. The van der Waals surface area contributed by atoms with Crippen molar-refractivity contribution in [1.29, 1.82) is 0 Å². The van der Waals surface area contributed by atoms with Crippen LogP contribution in [0.2, 0.25) is 0 Å². The van der Waals surface area contributed by atoms with E-state index in [9.17, 15) is 37.1 Å². The summed E-state index contributed by atoms with van der Waals surface area (Å²) in [6, 6.07) is -4.22. The van der Waals surface area contributed by atoms with Crippen LogP contribution in [0.5, 0.6) is 0 Å². The summed E-state index contributed by atoms with van der Waals surface area (Å²) in [6.45, 7) is 10.5. The second-order valence-electron chi connectivity index (χ2n) is 13.9. The van der Waals surface area contributed by atoms with E-state index in [1.165, 1.54) is 11.8 Å². The van der Waals surface area contributed by atoms with Crippen molar-refractivity contribution in [3.05, 3.63) is 0 Å². The van der Waals surface area contributed by atoms with Crippen LogP contribution in [0, 0.1) is 28.6 Å². The van der Waals surface area contributed by atoms with Gasteiger partial charge in [-0.1, -0.05) is 53.9 Å². The molecule has 0 unspecified atom stereocenters. The van der Waals surface area contributed by atoms with Crippen molar-refractivity contribution in [2.75, 3.05) is 6.54 Å². The summed E-state index contributed by atoms with van der Waals surface area (Å²) < 4.78 is 40.2. The first-order chi connectivity index (χ1) is 18.3. The number of nitrogens with zero attached hydrogens (tertiary/aromatic N) is 1. The molecule has 3 aliphatic carbocycles. The van der Waals surface area contributed by atoms with Gasteiger partial charge < -0.3 is 20.9 Å². The number of carbonyl (C=O) groups is 5. The van der Waals surface area contributed by atoms with Gasteiger partial charge in [0.25, 0.3) is 0 Å². The zero-order valence-corrected chi connectivity index (χ0v) is 24.0. The van der Waals surface area contributed by atoms with E-state index < -0.39 is 64.7 Å². The maximum atomic E-state index is 13.9. The first-order valence-corrected chi connectivity index (χ1v) is 14.1. The van der Waals surface area contributed by atoms with Crippen LogP contribution in [0.4, 0.5) is 18.0 Å². The number of carbonyl (C=O) groups excluding carboxylic acids is 5. The molecule has 3 saturated carbocycles. The van der Waals surface area contributed by atoms with Crippen LogP contribution in [0.25, 0.3) is 0 Å². The zero-order valence-electron chi connectivity index (χ0n) is 24.0. The van der Waals surface area contributed by atoms with Crippen LogP contribution in [0.3, 0.4) is 0 Å². The molecule has 1 heterocycles. The van der Waals surface area contributed by atoms with E-state index >= 15 is 0 Å². The predicted molar refractivity (Wildman–Crippen MR) is 139 cm³/mol. The Morgan fingerprint density at radius 3 is 2.05 bits per heavy atom. The lowest BCUT2D eigenvalue weighted by Gasteiger charge is -2.38. The van der Waals surface area contributed by atoms with Crippen molar-refractivity contribution in [3.8, 4) is 0 Å². The number of amides is 4. The lowest BCUT2D eigenvalue weighted by Crippen LogP contribution is -2.62. The lowest BCUT2D eigenvalue weighted by atomic mass is 9.79. The molecule has 4 rings (SSSR count). The van der Waals surface area contributed by atoms with Gasteiger partial charge in [-0.05, 0) is 47.8 Å². The quantitative estimate of drug-likeness (QED) is 0.368. The SMILES string of the molecule is CC(=O)C(=O)[C@@H](CC1CCC1)NC(=O)[C@@H]1[C@@H]2[C@H](CN1C(=O)[C@@H](NC(=O)NC1(C(F)(F)F)CC1)C(C)(C)C)C2(C)C. The van der Waals surface area contributed by atoms with Gasteiger partial charge in [0.2, 0.25) is 17.6 Å². The van der Waals surface area contributed by atoms with Crippen molar-refractivity contribution < 1.29 is 37.1 Å². The van der Waals surface area contributed by atoms with Gasteiger partial charge in [-0.3, -0.25) is 19.2 Å². The van der Waals surface area contributed by atoms with Crippen molar-refractivity contribution in [2.45, 2.75) is 110 Å². The standard InChI is InChI=1S/C28H41F3N4O5/c1-14(36)20(37)17(12-15-8-7-9-15)32-22(38)19-18-16(26(18,5)6)13-35(19)23(39)21(25(2,3)4)33-24(40)34-27(10-11-27)28(29,30)31/h15-19,21H,7-13H2,1-6H3,(H,32,38)(H2,33,34,40)/t16-,17+,18-,19-,21+/m0/s1. The Labute approximate surface area is 232 Å². The molecule has 5 atom stereocenters. The second-order valence-corrected chi connectivity index (χ2v) is 13.9. The normalized spacial score (nSPS) is 27.9. The molecule has 0 radical (unpaired) electrons. The van der Waals surface area contributed by atoms with Crippen molar-refractivity contribution in [2.24, 2.45) is 28.6 Å². The molecule has 0 bridgehead atoms. The number of hydrogen-bond acceptors (Lipinski definition) is 5. The van der Waals surface area contributed by atoms with Crippen molar-refractivity contribution >= 4 is 29.4 Å². The van der Waals surface area contributed by atoms with E-state index in [2.05, 4.69) is 10.6 Å². The third-order valence-corrected chi connectivity index (χ3v) is 9.57. The minimum Gasteiger partial charge on any atom is -0.344 e. The number of urea groups is 1. The lowest BCUT2D eigenvalue weighted by molar-refractivity contribution is -0.162. The number of nitrogens with one attached hydrogen (secondary N) is 3. The minimum atomic E-state index is -4.61. The summed E-state index contributed by atoms with van der Waals surface area (Å²) in [7, 11) is 0. The Morgan fingerprint density at radius 1 is 1.00 bits per heavy atom. The number of likely N-dealkylation sites (tertiary alicyclic amines) is 1. The van der Waals surface area contributed by atoms with Gasteiger partial charge >= 0.3 is 12.2 Å². The molecule has 4 amide bonds. The Morgan fingerprint density at radius 2 is 1.60 bits per heavy atom. The molecule has 0 spiro atoms. The third kappa shape index (κ3) is 5.59. The van der Waals surface area contributed by atoms with Gasteiger partial charge in [0, 0.05) is 13.5 Å². The first-order valence-electron chi connectivity index (χ1n) is 14.1. The molecule has 9 nitrogen and oxygen atoms in total. The highest BCUT2D eigenvalue weighted by Crippen LogP contribution is 2.65. The van der Waals surface area contributed by atoms with Crippen molar-refractivity contribution in [3.63, 3.8) is 0 Å². The molecular weight excluding hydrogens is 529 g/mol. The molecule has 4 fully saturated rings. The Bertz CT molecular complexity index is 1090. The Hall–Kier alpha value is -2.66. The summed E-state index contributed by atoms with van der Waals surface area (Å²) in [6.07, 6.45) is -1.85. The molecule has 1 aliphatic heterocycles. The summed E-state index contributed by atoms with van der Waals surface area (Å²) >= 11 is 0. The first kappa shape index (κ1) is 30.3. The number of halogens is 3. The Kier molecular flexibility index (Phi) is 7.58. The van der Waals surface area contributed by atoms with E-state index in [0.29, 0.717) is 6.42 Å². The van der Waals surface area contributed by atoms with Gasteiger partial charge in [0.05, 0.1) is 6.04 Å². The second kappa shape index (κ2) is 10.0. The Balaban J connectivity index is 1.53. The van der Waals surface area contributed by atoms with E-state index in [1.54, 1.807) is 20.8 Å². The van der Waals surface area contributed by atoms with E-state index in [4.69, 9.17) is 0 Å². The number of fused-ring (bicyclic) bond motifs is 1. The largest absolute Gasteiger partial charge is 0.411 e. The van der Waals surface area contributed by atoms with Gasteiger partial charge in [-0.2, -0.15) is 13.2 Å². The molecule has 40 heavy (non-hydrogen) atoms. The molecule has 0 aromatic rings. The van der Waals surface area contributed by atoms with E-state index in [1.807, 2.05) is 19.2 Å². The number of Topliss-reactive ketones (excluding diaryl/α,β-unsaturated/α-hetero) is 2. The highest BCUT2D eigenvalue weighted by atomic mass is 19.4. The highest BCUT2D eigenvalue weighted by Gasteiger charge is 2.70. The summed E-state index contributed by atoms with van der Waals surface area (Å²) in [5.74, 6) is -2.37. The van der Waals surface area contributed by atoms with Crippen LogP contribution >= 0.6 is 0 Å². The number of piperidine rings is 1. The number of rotatable bonds is 9. The average Bonchev–Trinajstić information content (AvgIpc) is 3.61. The summed E-state index contributed by atoms with van der Waals surface area (Å²) in [5, 5.41) is 7.22. The molecule has 0 aromatic carbocycles. The molecule has 4 aliphatic rings. The van der Waals surface area contributed by atoms with E-state index in [-0.39, 0.29) is 42.6 Å². The highest BCUT2D eigenvalue weighted by molar-refractivity contribution is 6.38. The smallest absolute Gasteiger partial charge is 0.344 e. The van der Waals surface area contributed by atoms with Crippen LogP contribution in [0.1, 0.15) is 80.1 Å². The monoisotopic (exact) mass is 570 g/mol. The van der Waals surface area contributed by atoms with Crippen LogP contribution in [0.15, 0.2) is 0 Å². The van der Waals surface area contributed by atoms with Crippen LogP contribution in [-0.4, -0.2) is 70.7 Å². The predicted octanol–water partition coefficient (Wildman–Crippen LogP) is 3.11. The van der Waals surface area contributed by atoms with Crippen LogP contribution in [-0.2, 0) is 19.2 Å². The molecule has 12 heteroatoms. The number of hydrogen-bond donors (Lipinski definition) is 3. The molecule has 0 aromatic heterocycles. The molecule has 224 valence electrons. The molecule has 1 saturated heterocycles. The van der Waals surface area contributed by atoms with Gasteiger partial charge in [0.15, 0.2) is 5.78 Å². The van der Waals surface area contributed by atoms with Gasteiger partial charge in [-0.15, -0.1) is 0 Å². The van der Waals surface area contributed by atoms with Gasteiger partial charge in [-0.25, -0.2) is 4.79 Å². The minimum absolute atomic E-state index is 0.00944. The van der Waals surface area contributed by atoms with Crippen molar-refractivity contribution in [1.82, 2.24) is 20.9 Å². The zero-order chi connectivity index (χ0) is 30.0. The maximum Gasteiger partial charge on any atom is 0.411 e. The van der Waals surface area contributed by atoms with Crippen LogP contribution < -0.4 is 16.0 Å². The fourth-order valence-electron chi connectivity index (χ4n) is 6.41. The van der Waals surface area contributed by atoms with E-state index in [0.717, 1.165) is 19.3 Å². The fraction of sp³-hybridized carbons (Fsp3) is 0.821. The summed E-state index contributed by atoms with van der Waals surface area (Å²) in [5.41, 5.74) is -3.41. The average molecular weight is 571 g/mol.